The average molecular weight is 343 g/mol. The molecule has 130 valence electrons. The van der Waals surface area contributed by atoms with Gasteiger partial charge in [0.1, 0.15) is 12.3 Å². The van der Waals surface area contributed by atoms with Crippen molar-refractivity contribution < 1.29 is 14.9 Å². The van der Waals surface area contributed by atoms with E-state index in [1.165, 1.54) is 6.33 Å². The van der Waals surface area contributed by atoms with Crippen molar-refractivity contribution in [2.75, 3.05) is 11.9 Å². The number of nitrogens with zero attached hydrogens (tertiary/aromatic N) is 3. The Morgan fingerprint density at radius 1 is 1.36 bits per heavy atom. The van der Waals surface area contributed by atoms with Crippen LogP contribution in [0, 0.1) is 0 Å². The van der Waals surface area contributed by atoms with Gasteiger partial charge in [0, 0.05) is 12.1 Å². The first kappa shape index (κ1) is 15.8. The Morgan fingerprint density at radius 3 is 2.88 bits per heavy atom. The summed E-state index contributed by atoms with van der Waals surface area (Å²) in [5.74, 6) is 0.280. The maximum absolute atomic E-state index is 12.3. The SMILES string of the molecule is O=c1[nH]c(Nc2ccccc2)nc2c1ncn2C1C[C@H](O)[C@@H](CO)O1. The zero-order valence-corrected chi connectivity index (χ0v) is 13.2. The third-order valence-electron chi connectivity index (χ3n) is 4.16. The Balaban J connectivity index is 1.71. The van der Waals surface area contributed by atoms with Gasteiger partial charge in [0.25, 0.3) is 5.56 Å². The second kappa shape index (κ2) is 6.28. The Bertz CT molecular complexity index is 939. The second-order valence-corrected chi connectivity index (χ2v) is 5.84. The van der Waals surface area contributed by atoms with Crippen LogP contribution in [0.2, 0.25) is 0 Å². The van der Waals surface area contributed by atoms with Crippen molar-refractivity contribution in [1.82, 2.24) is 19.5 Å². The Hall–Kier alpha value is -2.75. The molecule has 3 heterocycles. The monoisotopic (exact) mass is 343 g/mol. The zero-order chi connectivity index (χ0) is 17.4. The van der Waals surface area contributed by atoms with Gasteiger partial charge in [-0.25, -0.2) is 4.98 Å². The Morgan fingerprint density at radius 2 is 2.16 bits per heavy atom. The van der Waals surface area contributed by atoms with Gasteiger partial charge in [-0.15, -0.1) is 0 Å². The number of nitrogens with one attached hydrogen (secondary N) is 2. The van der Waals surface area contributed by atoms with Crippen molar-refractivity contribution in [2.45, 2.75) is 24.9 Å². The molecule has 1 aliphatic rings. The number of hydrogen-bond donors (Lipinski definition) is 4. The van der Waals surface area contributed by atoms with E-state index in [-0.39, 0.29) is 30.1 Å². The van der Waals surface area contributed by atoms with Crippen LogP contribution >= 0.6 is 0 Å². The largest absolute Gasteiger partial charge is 0.394 e. The summed E-state index contributed by atoms with van der Waals surface area (Å²) < 4.78 is 7.22. The predicted molar refractivity (Wildman–Crippen MR) is 89.5 cm³/mol. The molecule has 0 radical (unpaired) electrons. The van der Waals surface area contributed by atoms with Crippen molar-refractivity contribution >= 4 is 22.8 Å². The standard InChI is InChI=1S/C16H17N5O4/c22-7-11-10(23)6-12(25-11)21-8-17-13-14(21)19-16(20-15(13)24)18-9-4-2-1-3-5-9/h1-5,8,10-12,22-23H,6-7H2,(H2,18,19,20,24)/t10-,11+,12?/m0/s1. The number of benzene rings is 1. The first-order chi connectivity index (χ1) is 12.2. The van der Waals surface area contributed by atoms with Crippen molar-refractivity contribution in [1.29, 1.82) is 0 Å². The first-order valence-electron chi connectivity index (χ1n) is 7.89. The molecular formula is C16H17N5O4. The minimum Gasteiger partial charge on any atom is -0.394 e. The van der Waals surface area contributed by atoms with Gasteiger partial charge in [0.05, 0.1) is 19.0 Å². The van der Waals surface area contributed by atoms with Crippen LogP contribution in [0.4, 0.5) is 11.6 Å². The fourth-order valence-corrected chi connectivity index (χ4v) is 2.90. The summed E-state index contributed by atoms with van der Waals surface area (Å²) in [6.07, 6.45) is -0.248. The van der Waals surface area contributed by atoms with E-state index in [0.717, 1.165) is 5.69 Å². The molecule has 3 atom stereocenters. The molecule has 1 aliphatic heterocycles. The Kier molecular flexibility index (Phi) is 3.96. The van der Waals surface area contributed by atoms with Gasteiger partial charge in [0.15, 0.2) is 11.2 Å². The molecule has 4 rings (SSSR count). The number of aromatic nitrogens is 4. The zero-order valence-electron chi connectivity index (χ0n) is 13.2. The predicted octanol–water partition coefficient (Wildman–Crippen LogP) is 0.504. The van der Waals surface area contributed by atoms with Crippen LogP contribution in [0.25, 0.3) is 11.2 Å². The minimum atomic E-state index is -0.781. The van der Waals surface area contributed by atoms with Gasteiger partial charge < -0.3 is 20.3 Å². The van der Waals surface area contributed by atoms with Crippen molar-refractivity contribution in [2.24, 2.45) is 0 Å². The molecule has 1 aromatic carbocycles. The van der Waals surface area contributed by atoms with Crippen molar-refractivity contribution in [3.8, 4) is 0 Å². The van der Waals surface area contributed by atoms with E-state index in [9.17, 15) is 15.0 Å². The van der Waals surface area contributed by atoms with E-state index >= 15 is 0 Å². The number of para-hydroxylation sites is 1. The summed E-state index contributed by atoms with van der Waals surface area (Å²) >= 11 is 0. The van der Waals surface area contributed by atoms with Crippen LogP contribution in [-0.2, 0) is 4.74 Å². The number of aliphatic hydroxyl groups excluding tert-OH is 2. The highest BCUT2D eigenvalue weighted by atomic mass is 16.5. The van der Waals surface area contributed by atoms with Crippen LogP contribution in [0.3, 0.4) is 0 Å². The molecule has 1 fully saturated rings. The summed E-state index contributed by atoms with van der Waals surface area (Å²) in [5, 5.41) is 22.2. The molecular weight excluding hydrogens is 326 g/mol. The molecule has 4 N–H and O–H groups in total. The number of H-pyrrole nitrogens is 1. The molecule has 1 unspecified atom stereocenters. The third-order valence-corrected chi connectivity index (χ3v) is 4.16. The maximum atomic E-state index is 12.3. The smallest absolute Gasteiger partial charge is 0.280 e. The number of ether oxygens (including phenoxy) is 1. The lowest BCUT2D eigenvalue weighted by Crippen LogP contribution is -2.24. The molecule has 1 saturated heterocycles. The van der Waals surface area contributed by atoms with Crippen LogP contribution in [0.15, 0.2) is 41.5 Å². The van der Waals surface area contributed by atoms with Crippen LogP contribution in [-0.4, -0.2) is 48.5 Å². The van der Waals surface area contributed by atoms with E-state index in [2.05, 4.69) is 20.3 Å². The van der Waals surface area contributed by atoms with Crippen LogP contribution in [0.1, 0.15) is 12.6 Å². The van der Waals surface area contributed by atoms with E-state index in [4.69, 9.17) is 4.74 Å². The molecule has 0 saturated carbocycles. The molecule has 0 aliphatic carbocycles. The number of anilines is 2. The first-order valence-corrected chi connectivity index (χ1v) is 7.89. The number of hydrogen-bond acceptors (Lipinski definition) is 7. The lowest BCUT2D eigenvalue weighted by atomic mass is 10.2. The van der Waals surface area contributed by atoms with Gasteiger partial charge in [0.2, 0.25) is 5.95 Å². The van der Waals surface area contributed by atoms with E-state index in [1.807, 2.05) is 30.3 Å². The molecule has 0 amide bonds. The Labute approximate surface area is 141 Å². The highest BCUT2D eigenvalue weighted by Gasteiger charge is 2.35. The molecule has 2 aromatic heterocycles. The van der Waals surface area contributed by atoms with E-state index in [1.54, 1.807) is 4.57 Å². The number of fused-ring (bicyclic) bond motifs is 1. The highest BCUT2D eigenvalue weighted by molar-refractivity contribution is 5.71. The van der Waals surface area contributed by atoms with Crippen molar-refractivity contribution in [3.05, 3.63) is 47.0 Å². The summed E-state index contributed by atoms with van der Waals surface area (Å²) in [6, 6.07) is 9.32. The highest BCUT2D eigenvalue weighted by Crippen LogP contribution is 2.30. The summed E-state index contributed by atoms with van der Waals surface area (Å²) in [5.41, 5.74) is 0.936. The second-order valence-electron chi connectivity index (χ2n) is 5.84. The van der Waals surface area contributed by atoms with E-state index in [0.29, 0.717) is 5.65 Å². The number of aromatic amines is 1. The van der Waals surface area contributed by atoms with Gasteiger partial charge in [-0.2, -0.15) is 4.98 Å². The van der Waals surface area contributed by atoms with Gasteiger partial charge >= 0.3 is 0 Å². The number of imidazole rings is 1. The molecule has 0 spiro atoms. The van der Waals surface area contributed by atoms with Crippen LogP contribution < -0.4 is 10.9 Å². The molecule has 3 aromatic rings. The fourth-order valence-electron chi connectivity index (χ4n) is 2.90. The molecule has 0 bridgehead atoms. The average Bonchev–Trinajstić information content (AvgIpc) is 3.19. The van der Waals surface area contributed by atoms with Crippen molar-refractivity contribution in [3.63, 3.8) is 0 Å². The summed E-state index contributed by atoms with van der Waals surface area (Å²) in [7, 11) is 0. The third kappa shape index (κ3) is 2.88. The summed E-state index contributed by atoms with van der Waals surface area (Å²) in [6.45, 7) is -0.279. The number of rotatable bonds is 4. The van der Waals surface area contributed by atoms with Gasteiger partial charge in [-0.05, 0) is 12.1 Å². The molecule has 9 nitrogen and oxygen atoms in total. The minimum absolute atomic E-state index is 0.184. The normalized spacial score (nSPS) is 23.2. The lowest BCUT2D eigenvalue weighted by Gasteiger charge is -2.14. The molecule has 9 heteroatoms. The lowest BCUT2D eigenvalue weighted by molar-refractivity contribution is -0.0432. The topological polar surface area (TPSA) is 125 Å². The van der Waals surface area contributed by atoms with Gasteiger partial charge in [-0.3, -0.25) is 14.3 Å². The fraction of sp³-hybridized carbons (Fsp3) is 0.312. The summed E-state index contributed by atoms with van der Waals surface area (Å²) in [4.78, 5) is 23.4. The quantitative estimate of drug-likeness (QED) is 0.544. The molecule has 25 heavy (non-hydrogen) atoms. The van der Waals surface area contributed by atoms with E-state index < -0.39 is 18.4 Å². The number of aliphatic hydroxyl groups is 2. The van der Waals surface area contributed by atoms with Crippen LogP contribution in [0.5, 0.6) is 0 Å². The van der Waals surface area contributed by atoms with Gasteiger partial charge in [-0.1, -0.05) is 18.2 Å². The maximum Gasteiger partial charge on any atom is 0.280 e.